The van der Waals surface area contributed by atoms with Gasteiger partial charge in [0.25, 0.3) is 0 Å². The highest BCUT2D eigenvalue weighted by molar-refractivity contribution is 5.26. The maximum atomic E-state index is 13.2. The van der Waals surface area contributed by atoms with E-state index in [2.05, 4.69) is 10.3 Å². The molecular weight excluding hydrogens is 281 g/mol. The van der Waals surface area contributed by atoms with Crippen LogP contribution in [-0.4, -0.2) is 9.55 Å². The molecule has 3 rings (SSSR count). The van der Waals surface area contributed by atoms with E-state index in [1.165, 1.54) is 12.1 Å². The monoisotopic (exact) mass is 299 g/mol. The molecular formula is C17H18FN3O. The highest BCUT2D eigenvalue weighted by Crippen LogP contribution is 2.21. The van der Waals surface area contributed by atoms with Crippen LogP contribution in [0.4, 0.5) is 4.39 Å². The number of nitrogens with one attached hydrogen (secondary N) is 1. The number of hydrogen-bond acceptors (Lipinski definition) is 3. The zero-order valence-electron chi connectivity index (χ0n) is 12.6. The van der Waals surface area contributed by atoms with E-state index in [1.807, 2.05) is 36.9 Å². The van der Waals surface area contributed by atoms with Crippen LogP contribution < -0.4 is 5.32 Å². The Hall–Kier alpha value is -2.40. The Bertz CT molecular complexity index is 745. The maximum absolute atomic E-state index is 13.2. The second-order valence-corrected chi connectivity index (χ2v) is 5.27. The molecule has 22 heavy (non-hydrogen) atoms. The average Bonchev–Trinajstić information content (AvgIpc) is 3.10. The van der Waals surface area contributed by atoms with Crippen molar-refractivity contribution in [1.82, 2.24) is 14.9 Å². The van der Waals surface area contributed by atoms with E-state index in [0.717, 1.165) is 22.9 Å². The third kappa shape index (κ3) is 3.09. The van der Waals surface area contributed by atoms with Crippen LogP contribution in [0.1, 0.15) is 29.0 Å². The van der Waals surface area contributed by atoms with E-state index in [0.29, 0.717) is 6.54 Å². The van der Waals surface area contributed by atoms with Crippen molar-refractivity contribution in [3.8, 4) is 0 Å². The lowest BCUT2D eigenvalue weighted by Gasteiger charge is -2.18. The van der Waals surface area contributed by atoms with Crippen molar-refractivity contribution in [2.24, 2.45) is 7.05 Å². The highest BCUT2D eigenvalue weighted by Gasteiger charge is 2.18. The summed E-state index contributed by atoms with van der Waals surface area (Å²) < 4.78 is 20.7. The molecule has 2 heterocycles. The first-order chi connectivity index (χ1) is 10.6. The van der Waals surface area contributed by atoms with Crippen LogP contribution in [0.15, 0.2) is 53.2 Å². The van der Waals surface area contributed by atoms with Crippen molar-refractivity contribution in [1.29, 1.82) is 0 Å². The van der Waals surface area contributed by atoms with Gasteiger partial charge in [-0.3, -0.25) is 5.32 Å². The molecule has 0 spiro atoms. The standard InChI is InChI=1S/C17H18FN3O/c1-12-3-8-15(22-12)11-20-16(17-19-9-10-21(17)2)13-4-6-14(18)7-5-13/h3-10,16,20H,11H2,1-2H3/t16-/m1/s1. The lowest BCUT2D eigenvalue weighted by atomic mass is 10.1. The van der Waals surface area contributed by atoms with Crippen molar-refractivity contribution >= 4 is 0 Å². The lowest BCUT2D eigenvalue weighted by Crippen LogP contribution is -2.24. The van der Waals surface area contributed by atoms with Crippen molar-refractivity contribution in [3.05, 3.63) is 77.5 Å². The molecule has 0 amide bonds. The summed E-state index contributed by atoms with van der Waals surface area (Å²) in [6.07, 6.45) is 3.65. The molecule has 4 nitrogen and oxygen atoms in total. The molecule has 0 aliphatic rings. The number of benzene rings is 1. The zero-order valence-corrected chi connectivity index (χ0v) is 12.6. The van der Waals surface area contributed by atoms with E-state index in [-0.39, 0.29) is 11.9 Å². The van der Waals surface area contributed by atoms with Gasteiger partial charge in [-0.15, -0.1) is 0 Å². The van der Waals surface area contributed by atoms with Crippen molar-refractivity contribution in [3.63, 3.8) is 0 Å². The van der Waals surface area contributed by atoms with Gasteiger partial charge in [-0.25, -0.2) is 9.37 Å². The van der Waals surface area contributed by atoms with E-state index in [9.17, 15) is 4.39 Å². The SMILES string of the molecule is Cc1ccc(CN[C@H](c2ccc(F)cc2)c2nccn2C)o1. The molecule has 1 N–H and O–H groups in total. The van der Waals surface area contributed by atoms with Crippen LogP contribution >= 0.6 is 0 Å². The normalized spacial score (nSPS) is 12.5. The first-order valence-corrected chi connectivity index (χ1v) is 7.15. The first kappa shape index (κ1) is 14.5. The van der Waals surface area contributed by atoms with Gasteiger partial charge in [0.1, 0.15) is 23.2 Å². The van der Waals surface area contributed by atoms with Gasteiger partial charge >= 0.3 is 0 Å². The van der Waals surface area contributed by atoms with Crippen molar-refractivity contribution < 1.29 is 8.81 Å². The van der Waals surface area contributed by atoms with Crippen molar-refractivity contribution in [2.75, 3.05) is 0 Å². The van der Waals surface area contributed by atoms with Gasteiger partial charge in [0.05, 0.1) is 12.6 Å². The predicted molar refractivity (Wildman–Crippen MR) is 81.7 cm³/mol. The van der Waals surface area contributed by atoms with Gasteiger partial charge in [-0.1, -0.05) is 12.1 Å². The van der Waals surface area contributed by atoms with Crippen LogP contribution in [0.2, 0.25) is 0 Å². The molecule has 5 heteroatoms. The summed E-state index contributed by atoms with van der Waals surface area (Å²) in [4.78, 5) is 4.41. The van der Waals surface area contributed by atoms with E-state index >= 15 is 0 Å². The number of aromatic nitrogens is 2. The van der Waals surface area contributed by atoms with Gasteiger partial charge < -0.3 is 8.98 Å². The fourth-order valence-electron chi connectivity index (χ4n) is 2.45. The van der Waals surface area contributed by atoms with Gasteiger partial charge in [0.2, 0.25) is 0 Å². The van der Waals surface area contributed by atoms with E-state index in [4.69, 9.17) is 4.42 Å². The maximum Gasteiger partial charge on any atom is 0.130 e. The summed E-state index contributed by atoms with van der Waals surface area (Å²) in [7, 11) is 1.94. The van der Waals surface area contributed by atoms with Gasteiger partial charge in [0, 0.05) is 19.4 Å². The Labute approximate surface area is 128 Å². The summed E-state index contributed by atoms with van der Waals surface area (Å²) >= 11 is 0. The molecule has 0 bridgehead atoms. The molecule has 0 radical (unpaired) electrons. The summed E-state index contributed by atoms with van der Waals surface area (Å²) in [6.45, 7) is 2.49. The minimum Gasteiger partial charge on any atom is -0.465 e. The molecule has 0 saturated carbocycles. The number of aryl methyl sites for hydroxylation is 2. The second kappa shape index (κ2) is 6.15. The third-order valence-electron chi connectivity index (χ3n) is 3.60. The largest absolute Gasteiger partial charge is 0.465 e. The number of hydrogen-bond donors (Lipinski definition) is 1. The molecule has 0 unspecified atom stereocenters. The molecule has 1 atom stereocenters. The lowest BCUT2D eigenvalue weighted by molar-refractivity contribution is 0.443. The Morgan fingerprint density at radius 2 is 2.00 bits per heavy atom. The molecule has 114 valence electrons. The van der Waals surface area contributed by atoms with Crippen molar-refractivity contribution in [2.45, 2.75) is 19.5 Å². The van der Waals surface area contributed by atoms with Gasteiger partial charge in [-0.05, 0) is 36.8 Å². The molecule has 1 aromatic carbocycles. The summed E-state index contributed by atoms with van der Waals surface area (Å²) in [6, 6.07) is 10.2. The van der Waals surface area contributed by atoms with Crippen LogP contribution in [0.5, 0.6) is 0 Å². The Balaban J connectivity index is 1.86. The number of furan rings is 1. The first-order valence-electron chi connectivity index (χ1n) is 7.15. The highest BCUT2D eigenvalue weighted by atomic mass is 19.1. The fraction of sp³-hybridized carbons (Fsp3) is 0.235. The molecule has 0 aliphatic carbocycles. The van der Waals surface area contributed by atoms with Crippen LogP contribution in [-0.2, 0) is 13.6 Å². The van der Waals surface area contributed by atoms with Gasteiger partial charge in [-0.2, -0.15) is 0 Å². The van der Waals surface area contributed by atoms with E-state index < -0.39 is 0 Å². The van der Waals surface area contributed by atoms with Crippen LogP contribution in [0.3, 0.4) is 0 Å². The zero-order chi connectivity index (χ0) is 15.5. The smallest absolute Gasteiger partial charge is 0.130 e. The number of halogens is 1. The minimum atomic E-state index is -0.246. The molecule has 0 fully saturated rings. The number of rotatable bonds is 5. The number of nitrogens with zero attached hydrogens (tertiary/aromatic N) is 2. The Morgan fingerprint density at radius 3 is 2.59 bits per heavy atom. The average molecular weight is 299 g/mol. The Kier molecular flexibility index (Phi) is 4.06. The molecule has 2 aromatic heterocycles. The summed E-state index contributed by atoms with van der Waals surface area (Å²) in [5, 5.41) is 3.43. The number of imidazole rings is 1. The molecule has 0 saturated heterocycles. The Morgan fingerprint density at radius 1 is 1.23 bits per heavy atom. The van der Waals surface area contributed by atoms with E-state index in [1.54, 1.807) is 18.3 Å². The summed E-state index contributed by atoms with van der Waals surface area (Å²) in [5.74, 6) is 2.37. The summed E-state index contributed by atoms with van der Waals surface area (Å²) in [5.41, 5.74) is 0.957. The topological polar surface area (TPSA) is 43.0 Å². The van der Waals surface area contributed by atoms with Crippen LogP contribution in [0.25, 0.3) is 0 Å². The second-order valence-electron chi connectivity index (χ2n) is 5.27. The predicted octanol–water partition coefficient (Wildman–Crippen LogP) is 3.34. The minimum absolute atomic E-state index is 0.133. The molecule has 0 aliphatic heterocycles. The molecule has 3 aromatic rings. The van der Waals surface area contributed by atoms with Crippen LogP contribution in [0, 0.1) is 12.7 Å². The third-order valence-corrected chi connectivity index (χ3v) is 3.60. The quantitative estimate of drug-likeness (QED) is 0.785. The van der Waals surface area contributed by atoms with Gasteiger partial charge in [0.15, 0.2) is 0 Å². The fourth-order valence-corrected chi connectivity index (χ4v) is 2.45.